The molecule has 3 heteroatoms. The van der Waals surface area contributed by atoms with E-state index in [-0.39, 0.29) is 0 Å². The van der Waals surface area contributed by atoms with Crippen molar-refractivity contribution in [3.8, 4) is 0 Å². The normalized spacial score (nSPS) is 12.9. The summed E-state index contributed by atoms with van der Waals surface area (Å²) in [4.78, 5) is 0. The van der Waals surface area contributed by atoms with E-state index >= 15 is 0 Å². The zero-order chi connectivity index (χ0) is 13.4. The summed E-state index contributed by atoms with van der Waals surface area (Å²) in [6, 6.07) is 0. The fourth-order valence-electron chi connectivity index (χ4n) is 2.00. The first-order valence-electron chi connectivity index (χ1n) is 6.82. The molecule has 0 fully saturated rings. The number of aromatic nitrogens is 2. The van der Waals surface area contributed by atoms with Crippen molar-refractivity contribution in [2.24, 2.45) is 0 Å². The quantitative estimate of drug-likeness (QED) is 0.797. The molecule has 0 radical (unpaired) electrons. The number of ether oxygens (including phenoxy) is 1. The second-order valence-electron chi connectivity index (χ2n) is 4.08. The molecule has 0 aliphatic heterocycles. The number of aromatic amines is 1. The zero-order valence-electron chi connectivity index (χ0n) is 11.8. The molecule has 0 unspecified atom stereocenters. The fourth-order valence-corrected chi connectivity index (χ4v) is 2.00. The van der Waals surface area contributed by atoms with Crippen molar-refractivity contribution in [3.63, 3.8) is 0 Å². The maximum atomic E-state index is 5.35. The second kappa shape index (κ2) is 7.75. The third-order valence-electron chi connectivity index (χ3n) is 2.88. The highest BCUT2D eigenvalue weighted by molar-refractivity contribution is 5.56. The Balaban J connectivity index is 0.000000771. The minimum absolute atomic E-state index is 0.712. The summed E-state index contributed by atoms with van der Waals surface area (Å²) in [5.74, 6) is 0.890. The summed E-state index contributed by atoms with van der Waals surface area (Å²) < 4.78 is 5.35. The molecule has 0 atom stereocenters. The van der Waals surface area contributed by atoms with Crippen LogP contribution in [0.25, 0.3) is 6.08 Å². The number of H-pyrrole nitrogens is 1. The van der Waals surface area contributed by atoms with Crippen LogP contribution in [0.4, 0.5) is 0 Å². The standard InChI is InChI=1S/C13H18N2O.C2H6/c1-3-16-10(2)4-5-11-6-7-13-12(8-11)9-14-15-13;1-2/h8-9H,2-7H2,1H3,(H,14,15);1-2H3. The van der Waals surface area contributed by atoms with E-state index in [9.17, 15) is 0 Å². The lowest BCUT2D eigenvalue weighted by atomic mass is 9.94. The van der Waals surface area contributed by atoms with Crippen molar-refractivity contribution in [2.75, 3.05) is 6.61 Å². The molecule has 0 spiro atoms. The van der Waals surface area contributed by atoms with Gasteiger partial charge in [-0.15, -0.1) is 0 Å². The van der Waals surface area contributed by atoms with Crippen LogP contribution in [0.3, 0.4) is 0 Å². The number of nitrogens with zero attached hydrogens (tertiary/aromatic N) is 1. The SMILES string of the molecule is C=C(CCC1=Cc2cn[nH]c2CC1)OCC.CC. The summed E-state index contributed by atoms with van der Waals surface area (Å²) >= 11 is 0. The molecule has 0 saturated heterocycles. The van der Waals surface area contributed by atoms with Crippen molar-refractivity contribution >= 4 is 6.08 Å². The molecule has 0 aromatic carbocycles. The van der Waals surface area contributed by atoms with E-state index in [0.717, 1.165) is 31.4 Å². The van der Waals surface area contributed by atoms with Crippen LogP contribution in [-0.4, -0.2) is 16.8 Å². The van der Waals surface area contributed by atoms with Crippen molar-refractivity contribution in [1.29, 1.82) is 0 Å². The smallest absolute Gasteiger partial charge is 0.0891 e. The van der Waals surface area contributed by atoms with Crippen LogP contribution >= 0.6 is 0 Å². The van der Waals surface area contributed by atoms with Crippen molar-refractivity contribution in [1.82, 2.24) is 10.2 Å². The van der Waals surface area contributed by atoms with Gasteiger partial charge in [0, 0.05) is 17.7 Å². The van der Waals surface area contributed by atoms with Gasteiger partial charge in [0.25, 0.3) is 0 Å². The molecule has 0 saturated carbocycles. The molecule has 1 aromatic rings. The largest absolute Gasteiger partial charge is 0.499 e. The van der Waals surface area contributed by atoms with Gasteiger partial charge in [0.15, 0.2) is 0 Å². The van der Waals surface area contributed by atoms with Gasteiger partial charge in [0.1, 0.15) is 0 Å². The molecule has 1 aliphatic carbocycles. The van der Waals surface area contributed by atoms with Crippen LogP contribution in [-0.2, 0) is 11.2 Å². The average Bonchev–Trinajstić information content (AvgIpc) is 2.86. The lowest BCUT2D eigenvalue weighted by Gasteiger charge is -2.13. The van der Waals surface area contributed by atoms with Crippen LogP contribution < -0.4 is 0 Å². The van der Waals surface area contributed by atoms with Gasteiger partial charge >= 0.3 is 0 Å². The molecule has 18 heavy (non-hydrogen) atoms. The third kappa shape index (κ3) is 4.06. The highest BCUT2D eigenvalue weighted by atomic mass is 16.5. The number of fused-ring (bicyclic) bond motifs is 1. The van der Waals surface area contributed by atoms with Crippen LogP contribution in [0.1, 0.15) is 51.3 Å². The van der Waals surface area contributed by atoms with Gasteiger partial charge in [-0.3, -0.25) is 5.10 Å². The van der Waals surface area contributed by atoms with E-state index in [1.54, 1.807) is 0 Å². The topological polar surface area (TPSA) is 37.9 Å². The summed E-state index contributed by atoms with van der Waals surface area (Å²) in [6.45, 7) is 10.6. The summed E-state index contributed by atoms with van der Waals surface area (Å²) in [5.41, 5.74) is 3.96. The summed E-state index contributed by atoms with van der Waals surface area (Å²) in [5, 5.41) is 7.08. The molecule has 0 amide bonds. The minimum atomic E-state index is 0.712. The molecular formula is C15H24N2O. The van der Waals surface area contributed by atoms with E-state index in [0.29, 0.717) is 6.61 Å². The van der Waals surface area contributed by atoms with Crippen LogP contribution in [0.5, 0.6) is 0 Å². The predicted octanol–water partition coefficient (Wildman–Crippen LogP) is 4.10. The molecule has 100 valence electrons. The van der Waals surface area contributed by atoms with E-state index in [1.165, 1.54) is 16.8 Å². The number of rotatable bonds is 5. The van der Waals surface area contributed by atoms with Crippen molar-refractivity contribution in [2.45, 2.75) is 46.5 Å². The third-order valence-corrected chi connectivity index (χ3v) is 2.88. The van der Waals surface area contributed by atoms with Gasteiger partial charge in [0.05, 0.1) is 18.6 Å². The van der Waals surface area contributed by atoms with Crippen LogP contribution in [0.2, 0.25) is 0 Å². The lowest BCUT2D eigenvalue weighted by molar-refractivity contribution is 0.220. The molecule has 3 nitrogen and oxygen atoms in total. The van der Waals surface area contributed by atoms with Crippen LogP contribution in [0.15, 0.2) is 24.1 Å². The minimum Gasteiger partial charge on any atom is -0.499 e. The van der Waals surface area contributed by atoms with Gasteiger partial charge in [-0.2, -0.15) is 5.10 Å². The monoisotopic (exact) mass is 248 g/mol. The average molecular weight is 248 g/mol. The Kier molecular flexibility index (Phi) is 6.26. The van der Waals surface area contributed by atoms with Gasteiger partial charge in [-0.1, -0.05) is 32.1 Å². The van der Waals surface area contributed by atoms with Crippen LogP contribution in [0, 0.1) is 0 Å². The fraction of sp³-hybridized carbons (Fsp3) is 0.533. The number of aryl methyl sites for hydroxylation is 1. The summed E-state index contributed by atoms with van der Waals surface area (Å²) in [7, 11) is 0. The maximum Gasteiger partial charge on any atom is 0.0891 e. The first-order chi connectivity index (χ1) is 8.79. The molecule has 1 N–H and O–H groups in total. The highest BCUT2D eigenvalue weighted by Gasteiger charge is 2.11. The molecule has 1 aliphatic rings. The second-order valence-corrected chi connectivity index (χ2v) is 4.08. The number of hydrogen-bond donors (Lipinski definition) is 1. The number of nitrogens with one attached hydrogen (secondary N) is 1. The Morgan fingerprint density at radius 3 is 2.94 bits per heavy atom. The maximum absolute atomic E-state index is 5.35. The Morgan fingerprint density at radius 2 is 2.22 bits per heavy atom. The zero-order valence-corrected chi connectivity index (χ0v) is 11.8. The molecular weight excluding hydrogens is 224 g/mol. The van der Waals surface area contributed by atoms with Gasteiger partial charge < -0.3 is 4.74 Å². The molecule has 1 heterocycles. The number of hydrogen-bond acceptors (Lipinski definition) is 2. The van der Waals surface area contributed by atoms with E-state index in [4.69, 9.17) is 4.74 Å². The van der Waals surface area contributed by atoms with E-state index in [1.807, 2.05) is 27.0 Å². The van der Waals surface area contributed by atoms with Crippen molar-refractivity contribution in [3.05, 3.63) is 35.4 Å². The van der Waals surface area contributed by atoms with E-state index < -0.39 is 0 Å². The molecule has 2 rings (SSSR count). The van der Waals surface area contributed by atoms with Crippen molar-refractivity contribution < 1.29 is 4.74 Å². The lowest BCUT2D eigenvalue weighted by Crippen LogP contribution is -1.99. The first-order valence-corrected chi connectivity index (χ1v) is 6.82. The van der Waals surface area contributed by atoms with Gasteiger partial charge in [-0.05, 0) is 26.2 Å². The summed E-state index contributed by atoms with van der Waals surface area (Å²) in [6.07, 6.45) is 8.29. The highest BCUT2D eigenvalue weighted by Crippen LogP contribution is 2.25. The van der Waals surface area contributed by atoms with Gasteiger partial charge in [-0.25, -0.2) is 0 Å². The Labute approximate surface area is 110 Å². The Hall–Kier alpha value is -1.51. The molecule has 0 bridgehead atoms. The number of allylic oxidation sites excluding steroid dienone is 2. The predicted molar refractivity (Wildman–Crippen MR) is 76.2 cm³/mol. The Morgan fingerprint density at radius 1 is 1.44 bits per heavy atom. The molecule has 1 aromatic heterocycles. The first kappa shape index (κ1) is 14.6. The van der Waals surface area contributed by atoms with E-state index in [2.05, 4.69) is 22.9 Å². The van der Waals surface area contributed by atoms with Gasteiger partial charge in [0.2, 0.25) is 0 Å². The Bertz CT molecular complexity index is 404.